The van der Waals surface area contributed by atoms with E-state index < -0.39 is 0 Å². The number of rotatable bonds is 6. The van der Waals surface area contributed by atoms with E-state index in [1.54, 1.807) is 32.4 Å². The Hall–Kier alpha value is -3.51. The standard InChI is InChI=1S/C26H29N3O3/c1-31-23-17-22(18-24(19-23)32-2)27-26(30)29-15-13-28(14-16-29)25(20-9-5-3-6-10-20)21-11-7-4-8-12-21/h3-12,17-19,25H,13-16H2,1-2H3,(H,27,30). The van der Waals surface area contributed by atoms with E-state index >= 15 is 0 Å². The van der Waals surface area contributed by atoms with E-state index in [1.165, 1.54) is 11.1 Å². The first-order chi connectivity index (χ1) is 15.7. The average Bonchev–Trinajstić information content (AvgIpc) is 2.85. The predicted molar refractivity (Wildman–Crippen MR) is 126 cm³/mol. The van der Waals surface area contributed by atoms with Crippen molar-refractivity contribution in [2.45, 2.75) is 6.04 Å². The molecule has 0 bridgehead atoms. The molecule has 32 heavy (non-hydrogen) atoms. The molecule has 1 aliphatic rings. The molecule has 6 nitrogen and oxygen atoms in total. The monoisotopic (exact) mass is 431 g/mol. The molecule has 0 radical (unpaired) electrons. The van der Waals surface area contributed by atoms with Crippen LogP contribution in [-0.2, 0) is 0 Å². The summed E-state index contributed by atoms with van der Waals surface area (Å²) in [5, 5.41) is 2.98. The van der Waals surface area contributed by atoms with Crippen molar-refractivity contribution in [3.05, 3.63) is 90.0 Å². The van der Waals surface area contributed by atoms with Crippen molar-refractivity contribution in [1.82, 2.24) is 9.80 Å². The summed E-state index contributed by atoms with van der Waals surface area (Å²) in [6.07, 6.45) is 0. The quantitative estimate of drug-likeness (QED) is 0.618. The number of hydrogen-bond acceptors (Lipinski definition) is 4. The van der Waals surface area contributed by atoms with Gasteiger partial charge in [0.1, 0.15) is 11.5 Å². The van der Waals surface area contributed by atoms with Gasteiger partial charge in [0.2, 0.25) is 0 Å². The van der Waals surface area contributed by atoms with Gasteiger partial charge in [0.25, 0.3) is 0 Å². The van der Waals surface area contributed by atoms with Crippen molar-refractivity contribution in [1.29, 1.82) is 0 Å². The van der Waals surface area contributed by atoms with Crippen LogP contribution in [0.2, 0.25) is 0 Å². The smallest absolute Gasteiger partial charge is 0.321 e. The van der Waals surface area contributed by atoms with Crippen LogP contribution >= 0.6 is 0 Å². The molecule has 2 amide bonds. The lowest BCUT2D eigenvalue weighted by Gasteiger charge is -2.39. The molecule has 0 spiro atoms. The number of amides is 2. The zero-order valence-corrected chi connectivity index (χ0v) is 18.5. The minimum absolute atomic E-state index is 0.115. The maximum absolute atomic E-state index is 12.9. The highest BCUT2D eigenvalue weighted by Gasteiger charge is 2.28. The number of nitrogens with zero attached hydrogens (tertiary/aromatic N) is 2. The van der Waals surface area contributed by atoms with Gasteiger partial charge in [-0.2, -0.15) is 0 Å². The number of urea groups is 1. The summed E-state index contributed by atoms with van der Waals surface area (Å²) in [4.78, 5) is 17.2. The number of anilines is 1. The van der Waals surface area contributed by atoms with E-state index in [0.29, 0.717) is 30.3 Å². The van der Waals surface area contributed by atoms with E-state index in [4.69, 9.17) is 9.47 Å². The molecule has 3 aromatic carbocycles. The highest BCUT2D eigenvalue weighted by atomic mass is 16.5. The normalized spacial score (nSPS) is 14.3. The van der Waals surface area contributed by atoms with Crippen LogP contribution < -0.4 is 14.8 Å². The van der Waals surface area contributed by atoms with Crippen LogP contribution in [0.3, 0.4) is 0 Å². The van der Waals surface area contributed by atoms with Gasteiger partial charge in [-0.05, 0) is 11.1 Å². The van der Waals surface area contributed by atoms with Crippen LogP contribution in [0.4, 0.5) is 10.5 Å². The number of nitrogens with one attached hydrogen (secondary N) is 1. The second kappa shape index (κ2) is 10.2. The molecule has 1 saturated heterocycles. The first kappa shape index (κ1) is 21.7. The van der Waals surface area contributed by atoms with Crippen LogP contribution in [0, 0.1) is 0 Å². The largest absolute Gasteiger partial charge is 0.497 e. The Morgan fingerprint density at radius 1 is 0.781 bits per heavy atom. The van der Waals surface area contributed by atoms with E-state index in [9.17, 15) is 4.79 Å². The first-order valence-electron chi connectivity index (χ1n) is 10.8. The second-order valence-electron chi connectivity index (χ2n) is 7.78. The van der Waals surface area contributed by atoms with Gasteiger partial charge >= 0.3 is 6.03 Å². The Morgan fingerprint density at radius 2 is 1.28 bits per heavy atom. The van der Waals surface area contributed by atoms with Gasteiger partial charge in [0, 0.05) is 50.1 Å². The molecule has 1 aliphatic heterocycles. The molecule has 0 saturated carbocycles. The third kappa shape index (κ3) is 5.03. The zero-order valence-electron chi connectivity index (χ0n) is 18.5. The average molecular weight is 432 g/mol. The van der Waals surface area contributed by atoms with Gasteiger partial charge in [-0.3, -0.25) is 4.90 Å². The third-order valence-electron chi connectivity index (χ3n) is 5.80. The summed E-state index contributed by atoms with van der Waals surface area (Å²) < 4.78 is 10.6. The Bertz CT molecular complexity index is 957. The topological polar surface area (TPSA) is 54.0 Å². The summed E-state index contributed by atoms with van der Waals surface area (Å²) in [5.41, 5.74) is 3.18. The first-order valence-corrected chi connectivity index (χ1v) is 10.8. The summed E-state index contributed by atoms with van der Waals surface area (Å²) in [7, 11) is 3.19. The lowest BCUT2D eigenvalue weighted by atomic mass is 9.96. The third-order valence-corrected chi connectivity index (χ3v) is 5.80. The molecular weight excluding hydrogens is 402 g/mol. The highest BCUT2D eigenvalue weighted by Crippen LogP contribution is 2.30. The Balaban J connectivity index is 1.44. The maximum atomic E-state index is 12.9. The van der Waals surface area contributed by atoms with Gasteiger partial charge < -0.3 is 19.7 Å². The van der Waals surface area contributed by atoms with E-state index in [1.807, 2.05) is 17.0 Å². The lowest BCUT2D eigenvalue weighted by Crippen LogP contribution is -2.51. The molecule has 1 N–H and O–H groups in total. The van der Waals surface area contributed by atoms with Crippen LogP contribution in [0.5, 0.6) is 11.5 Å². The Morgan fingerprint density at radius 3 is 1.75 bits per heavy atom. The van der Waals surface area contributed by atoms with E-state index in [2.05, 4.69) is 58.7 Å². The van der Waals surface area contributed by atoms with Crippen LogP contribution in [0.15, 0.2) is 78.9 Å². The molecule has 0 unspecified atom stereocenters. The summed E-state index contributed by atoms with van der Waals surface area (Å²) >= 11 is 0. The van der Waals surface area contributed by atoms with Crippen LogP contribution in [-0.4, -0.2) is 56.2 Å². The van der Waals surface area contributed by atoms with Crippen molar-refractivity contribution in [3.63, 3.8) is 0 Å². The van der Waals surface area contributed by atoms with Crippen molar-refractivity contribution < 1.29 is 14.3 Å². The second-order valence-corrected chi connectivity index (χ2v) is 7.78. The molecule has 6 heteroatoms. The van der Waals surface area contributed by atoms with Gasteiger partial charge in [0.15, 0.2) is 0 Å². The van der Waals surface area contributed by atoms with Gasteiger partial charge in [-0.15, -0.1) is 0 Å². The Labute approximate surface area is 189 Å². The van der Waals surface area contributed by atoms with Crippen LogP contribution in [0.25, 0.3) is 0 Å². The fraction of sp³-hybridized carbons (Fsp3) is 0.269. The fourth-order valence-corrected chi connectivity index (χ4v) is 4.15. The number of carbonyl (C=O) groups excluding carboxylic acids is 1. The highest BCUT2D eigenvalue weighted by molar-refractivity contribution is 5.90. The number of hydrogen-bond donors (Lipinski definition) is 1. The van der Waals surface area contributed by atoms with Crippen LogP contribution in [0.1, 0.15) is 17.2 Å². The summed E-state index contributed by atoms with van der Waals surface area (Å²) in [5.74, 6) is 1.27. The number of piperazine rings is 1. The molecule has 0 aromatic heterocycles. The van der Waals surface area contributed by atoms with E-state index in [0.717, 1.165) is 13.1 Å². The predicted octanol–water partition coefficient (Wildman–Crippen LogP) is 4.64. The zero-order chi connectivity index (χ0) is 22.3. The molecule has 166 valence electrons. The Kier molecular flexibility index (Phi) is 6.92. The molecule has 1 fully saturated rings. The molecular formula is C26H29N3O3. The summed E-state index contributed by atoms with van der Waals surface area (Å²) in [6, 6.07) is 26.5. The number of ether oxygens (including phenoxy) is 2. The fourth-order valence-electron chi connectivity index (χ4n) is 4.15. The van der Waals surface area contributed by atoms with Crippen molar-refractivity contribution in [2.24, 2.45) is 0 Å². The van der Waals surface area contributed by atoms with Crippen molar-refractivity contribution >= 4 is 11.7 Å². The summed E-state index contributed by atoms with van der Waals surface area (Å²) in [6.45, 7) is 2.90. The van der Waals surface area contributed by atoms with E-state index in [-0.39, 0.29) is 12.1 Å². The minimum Gasteiger partial charge on any atom is -0.497 e. The molecule has 0 aliphatic carbocycles. The lowest BCUT2D eigenvalue weighted by molar-refractivity contribution is 0.126. The maximum Gasteiger partial charge on any atom is 0.321 e. The van der Waals surface area contributed by atoms with Gasteiger partial charge in [-0.1, -0.05) is 60.7 Å². The van der Waals surface area contributed by atoms with Crippen molar-refractivity contribution in [2.75, 3.05) is 45.7 Å². The molecule has 3 aromatic rings. The van der Waals surface area contributed by atoms with Gasteiger partial charge in [-0.25, -0.2) is 4.79 Å². The number of benzene rings is 3. The molecule has 0 atom stereocenters. The minimum atomic E-state index is -0.115. The van der Waals surface area contributed by atoms with Crippen molar-refractivity contribution in [3.8, 4) is 11.5 Å². The van der Waals surface area contributed by atoms with Gasteiger partial charge in [0.05, 0.1) is 20.3 Å². The number of methoxy groups -OCH3 is 2. The molecule has 1 heterocycles. The molecule has 4 rings (SSSR count). The SMILES string of the molecule is COc1cc(NC(=O)N2CCN(C(c3ccccc3)c3ccccc3)CC2)cc(OC)c1. The number of carbonyl (C=O) groups is 1.